The molecule has 1 aromatic heterocycles. The van der Waals surface area contributed by atoms with Gasteiger partial charge in [0.05, 0.1) is 12.5 Å². The fourth-order valence-electron chi connectivity index (χ4n) is 2.57. The number of rotatable bonds is 2. The number of benzene rings is 1. The zero-order chi connectivity index (χ0) is 13.2. The number of carbonyl (C=O) groups is 1. The van der Waals surface area contributed by atoms with Gasteiger partial charge in [-0.3, -0.25) is 10.1 Å². The highest BCUT2D eigenvalue weighted by atomic mass is 16.1. The lowest BCUT2D eigenvalue weighted by atomic mass is 9.96. The molecule has 3 nitrogen and oxygen atoms in total. The Morgan fingerprint density at radius 3 is 2.74 bits per heavy atom. The Balaban J connectivity index is 1.86. The van der Waals surface area contributed by atoms with E-state index >= 15 is 0 Å². The molecule has 0 fully saturated rings. The van der Waals surface area contributed by atoms with Gasteiger partial charge < -0.3 is 0 Å². The monoisotopic (exact) mass is 253 g/mol. The van der Waals surface area contributed by atoms with Crippen molar-refractivity contribution in [3.05, 3.63) is 59.8 Å². The van der Waals surface area contributed by atoms with Crippen molar-refractivity contribution >= 4 is 11.6 Å². The molecule has 96 valence electrons. The van der Waals surface area contributed by atoms with Crippen LogP contribution in [0.1, 0.15) is 16.1 Å². The molecule has 0 aliphatic carbocycles. The van der Waals surface area contributed by atoms with Crippen molar-refractivity contribution in [3.8, 4) is 0 Å². The number of hydrogen-bond donors (Lipinski definition) is 1. The van der Waals surface area contributed by atoms with E-state index in [0.717, 1.165) is 17.9 Å². The maximum absolute atomic E-state index is 12.5. The highest BCUT2D eigenvalue weighted by molar-refractivity contribution is 5.98. The second-order valence-electron chi connectivity index (χ2n) is 4.97. The Kier molecular flexibility index (Phi) is 3.03. The number of aryl methyl sites for hydroxylation is 1. The molecule has 1 atom stereocenters. The third kappa shape index (κ3) is 2.24. The van der Waals surface area contributed by atoms with E-state index in [-0.39, 0.29) is 11.7 Å². The van der Waals surface area contributed by atoms with Crippen LogP contribution in [0.15, 0.2) is 48.5 Å². The predicted octanol–water partition coefficient (Wildman–Crippen LogP) is 2.21. The maximum Gasteiger partial charge on any atom is 0.274 e. The lowest BCUT2D eigenvalue weighted by Gasteiger charge is -2.21. The van der Waals surface area contributed by atoms with Gasteiger partial charge in [-0.25, -0.2) is 4.57 Å². The fraction of sp³-hybridized carbons (Fsp3) is 0.250. The molecule has 1 unspecified atom stereocenters. The van der Waals surface area contributed by atoms with Crippen molar-refractivity contribution in [2.75, 3.05) is 11.9 Å². The molecule has 1 aliphatic heterocycles. The number of nitrogens with zero attached hydrogens (tertiary/aromatic N) is 1. The normalized spacial score (nSPS) is 17.4. The lowest BCUT2D eigenvalue weighted by molar-refractivity contribution is -0.696. The minimum Gasteiger partial charge on any atom is -0.294 e. The summed E-state index contributed by atoms with van der Waals surface area (Å²) in [4.78, 5) is 12.5. The molecule has 1 aromatic carbocycles. The molecule has 0 saturated heterocycles. The van der Waals surface area contributed by atoms with Crippen LogP contribution in [0.25, 0.3) is 0 Å². The van der Waals surface area contributed by atoms with Crippen LogP contribution in [0.4, 0.5) is 5.82 Å². The summed E-state index contributed by atoms with van der Waals surface area (Å²) in [5, 5.41) is 3.35. The Morgan fingerprint density at radius 1 is 1.16 bits per heavy atom. The predicted molar refractivity (Wildman–Crippen MR) is 74.1 cm³/mol. The Morgan fingerprint density at radius 2 is 1.95 bits per heavy atom. The summed E-state index contributed by atoms with van der Waals surface area (Å²) in [6.07, 6.45) is 0. The molecule has 0 amide bonds. The molecule has 2 heterocycles. The zero-order valence-corrected chi connectivity index (χ0v) is 11.0. The summed E-state index contributed by atoms with van der Waals surface area (Å²) in [7, 11) is 0. The first kappa shape index (κ1) is 11.9. The number of aromatic nitrogens is 1. The number of Topliss-reactive ketones (excluding diaryl/α,β-unsaturated/α-hetero) is 1. The Hall–Kier alpha value is -2.16. The number of hydrogen-bond acceptors (Lipinski definition) is 2. The van der Waals surface area contributed by atoms with E-state index in [9.17, 15) is 4.79 Å². The molecule has 19 heavy (non-hydrogen) atoms. The van der Waals surface area contributed by atoms with Gasteiger partial charge in [-0.05, 0) is 13.0 Å². The first-order valence-corrected chi connectivity index (χ1v) is 6.58. The Bertz CT molecular complexity index is 607. The molecule has 0 radical (unpaired) electrons. The molecular weight excluding hydrogens is 236 g/mol. The Labute approximate surface area is 112 Å². The molecule has 1 N–H and O–H groups in total. The van der Waals surface area contributed by atoms with Gasteiger partial charge in [-0.2, -0.15) is 0 Å². The van der Waals surface area contributed by atoms with Crippen LogP contribution in [0, 0.1) is 12.8 Å². The quantitative estimate of drug-likeness (QED) is 0.657. The topological polar surface area (TPSA) is 33.0 Å². The number of carbonyl (C=O) groups excluding carboxylic acids is 1. The van der Waals surface area contributed by atoms with Gasteiger partial charge in [0, 0.05) is 11.6 Å². The number of anilines is 1. The van der Waals surface area contributed by atoms with Crippen molar-refractivity contribution in [1.29, 1.82) is 0 Å². The van der Waals surface area contributed by atoms with Gasteiger partial charge in [0.15, 0.2) is 5.78 Å². The first-order chi connectivity index (χ1) is 9.25. The molecule has 0 spiro atoms. The van der Waals surface area contributed by atoms with Gasteiger partial charge in [-0.15, -0.1) is 0 Å². The van der Waals surface area contributed by atoms with E-state index in [1.54, 1.807) is 0 Å². The van der Waals surface area contributed by atoms with E-state index in [1.807, 2.05) is 36.4 Å². The summed E-state index contributed by atoms with van der Waals surface area (Å²) in [6.45, 7) is 3.53. The molecule has 1 aliphatic rings. The van der Waals surface area contributed by atoms with Crippen LogP contribution in [-0.2, 0) is 6.54 Å². The summed E-state index contributed by atoms with van der Waals surface area (Å²) >= 11 is 0. The number of nitrogens with one attached hydrogen (secondary N) is 1. The van der Waals surface area contributed by atoms with Crippen LogP contribution in [0.2, 0.25) is 0 Å². The number of ketones is 1. The zero-order valence-electron chi connectivity index (χ0n) is 11.0. The minimum atomic E-state index is 0.000926. The van der Waals surface area contributed by atoms with Crippen molar-refractivity contribution < 1.29 is 9.36 Å². The van der Waals surface area contributed by atoms with Gasteiger partial charge in [0.2, 0.25) is 0 Å². The van der Waals surface area contributed by atoms with Crippen molar-refractivity contribution in [2.24, 2.45) is 5.92 Å². The van der Waals surface area contributed by atoms with Crippen molar-refractivity contribution in [1.82, 2.24) is 0 Å². The van der Waals surface area contributed by atoms with Crippen LogP contribution in [0.5, 0.6) is 0 Å². The number of fused-ring (bicyclic) bond motifs is 1. The van der Waals surface area contributed by atoms with E-state index in [2.05, 4.69) is 28.9 Å². The lowest BCUT2D eigenvalue weighted by Crippen LogP contribution is -2.51. The van der Waals surface area contributed by atoms with E-state index < -0.39 is 0 Å². The van der Waals surface area contributed by atoms with Crippen LogP contribution >= 0.6 is 0 Å². The van der Waals surface area contributed by atoms with Gasteiger partial charge in [0.25, 0.3) is 5.82 Å². The van der Waals surface area contributed by atoms with E-state index in [4.69, 9.17) is 0 Å². The third-order valence-corrected chi connectivity index (χ3v) is 3.67. The molecule has 0 bridgehead atoms. The van der Waals surface area contributed by atoms with Gasteiger partial charge in [0.1, 0.15) is 12.2 Å². The minimum absolute atomic E-state index is 0.000926. The highest BCUT2D eigenvalue weighted by Gasteiger charge is 2.30. The summed E-state index contributed by atoms with van der Waals surface area (Å²) in [6, 6.07) is 15.7. The summed E-state index contributed by atoms with van der Waals surface area (Å²) < 4.78 is 2.18. The molecule has 3 heteroatoms. The van der Waals surface area contributed by atoms with E-state index in [1.165, 1.54) is 5.69 Å². The van der Waals surface area contributed by atoms with Crippen molar-refractivity contribution in [3.63, 3.8) is 0 Å². The maximum atomic E-state index is 12.5. The van der Waals surface area contributed by atoms with E-state index in [0.29, 0.717) is 6.54 Å². The number of pyridine rings is 1. The molecular formula is C16H17N2O+. The molecule has 2 aromatic rings. The smallest absolute Gasteiger partial charge is 0.274 e. The molecule has 3 rings (SSSR count). The van der Waals surface area contributed by atoms with Crippen LogP contribution in [-0.4, -0.2) is 12.3 Å². The second-order valence-corrected chi connectivity index (χ2v) is 4.97. The fourth-order valence-corrected chi connectivity index (χ4v) is 2.57. The van der Waals surface area contributed by atoms with Gasteiger partial charge >= 0.3 is 0 Å². The highest BCUT2D eigenvalue weighted by Crippen LogP contribution is 2.16. The van der Waals surface area contributed by atoms with Crippen LogP contribution in [0.3, 0.4) is 0 Å². The van der Waals surface area contributed by atoms with Crippen LogP contribution < -0.4 is 9.88 Å². The third-order valence-electron chi connectivity index (χ3n) is 3.67. The first-order valence-electron chi connectivity index (χ1n) is 6.58. The largest absolute Gasteiger partial charge is 0.294 e. The van der Waals surface area contributed by atoms with Gasteiger partial charge in [-0.1, -0.05) is 36.4 Å². The SMILES string of the molecule is Cc1cccc2[n+]1CC(C(=O)c1ccccc1)CN2. The summed E-state index contributed by atoms with van der Waals surface area (Å²) in [5.74, 6) is 1.31. The average molecular weight is 253 g/mol. The van der Waals surface area contributed by atoms with Crippen molar-refractivity contribution in [2.45, 2.75) is 13.5 Å². The molecule has 0 saturated carbocycles. The standard InChI is InChI=1S/C16H16N2O/c1-12-6-5-9-15-17-10-14(11-18(12)15)16(19)13-7-3-2-4-8-13/h2-9,14H,10-11H2,1H3/p+1. The average Bonchev–Trinajstić information content (AvgIpc) is 2.47. The summed E-state index contributed by atoms with van der Waals surface area (Å²) in [5.41, 5.74) is 1.97. The second kappa shape index (κ2) is 4.84.